The fourth-order valence-corrected chi connectivity index (χ4v) is 2.86. The standard InChI is InChI=1S/C16H20ClN3O4/c1-3-24-16(23)12-7-5-9-20(12)15(22)10(2)19-14(21)11-6-4-8-18-13(11)17/h4,6,8,10,12H,3,5,7,9H2,1-2H3,(H,19,21)/t10-,12-/m0/s1. The number of aromatic nitrogens is 1. The third kappa shape index (κ3) is 4.03. The molecule has 24 heavy (non-hydrogen) atoms. The summed E-state index contributed by atoms with van der Waals surface area (Å²) in [6, 6.07) is 1.74. The molecule has 1 aromatic rings. The molecule has 1 aliphatic heterocycles. The van der Waals surface area contributed by atoms with Gasteiger partial charge in [-0.3, -0.25) is 9.59 Å². The maximum Gasteiger partial charge on any atom is 0.328 e. The van der Waals surface area contributed by atoms with E-state index in [1.807, 2.05) is 0 Å². The highest BCUT2D eigenvalue weighted by Gasteiger charge is 2.37. The Bertz CT molecular complexity index is 638. The molecule has 1 N–H and O–H groups in total. The Labute approximate surface area is 145 Å². The number of amides is 2. The van der Waals surface area contributed by atoms with Gasteiger partial charge in [0.15, 0.2) is 0 Å². The summed E-state index contributed by atoms with van der Waals surface area (Å²) in [6.45, 7) is 4.03. The highest BCUT2D eigenvalue weighted by atomic mass is 35.5. The second-order valence-electron chi connectivity index (χ2n) is 5.48. The molecule has 130 valence electrons. The van der Waals surface area contributed by atoms with Crippen LogP contribution in [0.5, 0.6) is 0 Å². The second kappa shape index (κ2) is 8.10. The first-order chi connectivity index (χ1) is 11.5. The van der Waals surface area contributed by atoms with Crippen LogP contribution < -0.4 is 5.32 Å². The van der Waals surface area contributed by atoms with Gasteiger partial charge in [0.25, 0.3) is 5.91 Å². The minimum Gasteiger partial charge on any atom is -0.464 e. The van der Waals surface area contributed by atoms with Crippen molar-refractivity contribution in [2.45, 2.75) is 38.8 Å². The summed E-state index contributed by atoms with van der Waals surface area (Å²) in [7, 11) is 0. The zero-order valence-corrected chi connectivity index (χ0v) is 14.4. The van der Waals surface area contributed by atoms with Crippen molar-refractivity contribution in [2.75, 3.05) is 13.2 Å². The zero-order valence-electron chi connectivity index (χ0n) is 13.6. The van der Waals surface area contributed by atoms with Crippen LogP contribution in [-0.2, 0) is 14.3 Å². The zero-order chi connectivity index (χ0) is 17.7. The largest absolute Gasteiger partial charge is 0.464 e. The highest BCUT2D eigenvalue weighted by molar-refractivity contribution is 6.32. The molecule has 7 nitrogen and oxygen atoms in total. The Morgan fingerprint density at radius 3 is 2.92 bits per heavy atom. The Morgan fingerprint density at radius 1 is 1.50 bits per heavy atom. The van der Waals surface area contributed by atoms with Gasteiger partial charge in [0.2, 0.25) is 5.91 Å². The van der Waals surface area contributed by atoms with Crippen LogP contribution in [0.1, 0.15) is 37.0 Å². The molecular formula is C16H20ClN3O4. The molecule has 1 fully saturated rings. The van der Waals surface area contributed by atoms with E-state index in [1.54, 1.807) is 19.9 Å². The number of hydrogen-bond acceptors (Lipinski definition) is 5. The number of pyridine rings is 1. The maximum atomic E-state index is 12.6. The molecule has 2 heterocycles. The Hall–Kier alpha value is -2.15. The first-order valence-corrected chi connectivity index (χ1v) is 8.22. The van der Waals surface area contributed by atoms with Crippen LogP contribution in [0.3, 0.4) is 0 Å². The smallest absolute Gasteiger partial charge is 0.328 e. The molecule has 0 bridgehead atoms. The van der Waals surface area contributed by atoms with Crippen LogP contribution in [-0.4, -0.2) is 52.9 Å². The van der Waals surface area contributed by atoms with E-state index in [2.05, 4.69) is 10.3 Å². The lowest BCUT2D eigenvalue weighted by Gasteiger charge is -2.26. The van der Waals surface area contributed by atoms with Crippen molar-refractivity contribution < 1.29 is 19.1 Å². The Kier molecular flexibility index (Phi) is 6.14. The summed E-state index contributed by atoms with van der Waals surface area (Å²) in [6.07, 6.45) is 2.77. The highest BCUT2D eigenvalue weighted by Crippen LogP contribution is 2.20. The van der Waals surface area contributed by atoms with E-state index in [0.717, 1.165) is 6.42 Å². The number of hydrogen-bond donors (Lipinski definition) is 1. The van der Waals surface area contributed by atoms with E-state index in [0.29, 0.717) is 13.0 Å². The minimum absolute atomic E-state index is 0.0696. The molecule has 1 aromatic heterocycles. The fraction of sp³-hybridized carbons (Fsp3) is 0.500. The van der Waals surface area contributed by atoms with Gasteiger partial charge in [0.1, 0.15) is 17.2 Å². The van der Waals surface area contributed by atoms with Crippen LogP contribution in [0.4, 0.5) is 0 Å². The van der Waals surface area contributed by atoms with Gasteiger partial charge < -0.3 is 15.0 Å². The number of likely N-dealkylation sites (tertiary alicyclic amines) is 1. The van der Waals surface area contributed by atoms with Crippen LogP contribution in [0.25, 0.3) is 0 Å². The van der Waals surface area contributed by atoms with E-state index < -0.39 is 24.0 Å². The minimum atomic E-state index is -0.788. The van der Waals surface area contributed by atoms with Crippen LogP contribution in [0, 0.1) is 0 Å². The summed E-state index contributed by atoms with van der Waals surface area (Å²) in [4.78, 5) is 42.0. The van der Waals surface area contributed by atoms with Crippen molar-refractivity contribution in [3.63, 3.8) is 0 Å². The van der Waals surface area contributed by atoms with E-state index in [4.69, 9.17) is 16.3 Å². The third-order valence-corrected chi connectivity index (χ3v) is 4.12. The summed E-state index contributed by atoms with van der Waals surface area (Å²) < 4.78 is 5.01. The molecule has 0 saturated carbocycles. The number of rotatable bonds is 5. The monoisotopic (exact) mass is 353 g/mol. The average Bonchev–Trinajstić information content (AvgIpc) is 3.04. The van der Waals surface area contributed by atoms with Gasteiger partial charge in [-0.1, -0.05) is 11.6 Å². The van der Waals surface area contributed by atoms with Crippen LogP contribution >= 0.6 is 11.6 Å². The van der Waals surface area contributed by atoms with E-state index in [-0.39, 0.29) is 23.2 Å². The van der Waals surface area contributed by atoms with Crippen molar-refractivity contribution in [3.8, 4) is 0 Å². The molecule has 2 amide bonds. The number of carbonyl (C=O) groups excluding carboxylic acids is 3. The normalized spacial score (nSPS) is 18.1. The quantitative estimate of drug-likeness (QED) is 0.638. The lowest BCUT2D eigenvalue weighted by atomic mass is 10.2. The van der Waals surface area contributed by atoms with Crippen molar-refractivity contribution in [1.29, 1.82) is 0 Å². The molecule has 0 aromatic carbocycles. The Morgan fingerprint density at radius 2 is 2.25 bits per heavy atom. The van der Waals surface area contributed by atoms with Crippen LogP contribution in [0.2, 0.25) is 5.15 Å². The molecule has 1 saturated heterocycles. The number of esters is 1. The molecule has 0 unspecified atom stereocenters. The molecule has 0 radical (unpaired) electrons. The molecule has 1 aliphatic rings. The van der Waals surface area contributed by atoms with Crippen molar-refractivity contribution in [3.05, 3.63) is 29.0 Å². The molecule has 0 spiro atoms. The van der Waals surface area contributed by atoms with Gasteiger partial charge in [-0.25, -0.2) is 9.78 Å². The molecule has 8 heteroatoms. The lowest BCUT2D eigenvalue weighted by Crippen LogP contribution is -2.50. The van der Waals surface area contributed by atoms with Gasteiger partial charge in [-0.05, 0) is 38.8 Å². The van der Waals surface area contributed by atoms with E-state index in [1.165, 1.54) is 17.2 Å². The number of nitrogens with one attached hydrogen (secondary N) is 1. The molecule has 0 aliphatic carbocycles. The predicted octanol–water partition coefficient (Wildman–Crippen LogP) is 1.41. The van der Waals surface area contributed by atoms with Crippen LogP contribution in [0.15, 0.2) is 18.3 Å². The number of nitrogens with zero attached hydrogens (tertiary/aromatic N) is 2. The number of halogens is 1. The second-order valence-corrected chi connectivity index (χ2v) is 5.84. The van der Waals surface area contributed by atoms with Gasteiger partial charge in [0.05, 0.1) is 12.2 Å². The number of carbonyl (C=O) groups is 3. The van der Waals surface area contributed by atoms with Gasteiger partial charge in [0, 0.05) is 12.7 Å². The maximum absolute atomic E-state index is 12.6. The van der Waals surface area contributed by atoms with Crippen molar-refractivity contribution >= 4 is 29.4 Å². The third-order valence-electron chi connectivity index (χ3n) is 3.82. The predicted molar refractivity (Wildman–Crippen MR) is 87.5 cm³/mol. The van der Waals surface area contributed by atoms with Gasteiger partial charge in [-0.2, -0.15) is 0 Å². The van der Waals surface area contributed by atoms with Gasteiger partial charge >= 0.3 is 5.97 Å². The first kappa shape index (κ1) is 18.2. The topological polar surface area (TPSA) is 88.6 Å². The van der Waals surface area contributed by atoms with Crippen molar-refractivity contribution in [2.24, 2.45) is 0 Å². The fourth-order valence-electron chi connectivity index (χ4n) is 2.65. The number of ether oxygens (including phenoxy) is 1. The summed E-state index contributed by atoms with van der Waals surface area (Å²) >= 11 is 5.88. The lowest BCUT2D eigenvalue weighted by molar-refractivity contribution is -0.153. The summed E-state index contributed by atoms with van der Waals surface area (Å²) in [5.41, 5.74) is 0.196. The van der Waals surface area contributed by atoms with E-state index in [9.17, 15) is 14.4 Å². The Balaban J connectivity index is 2.02. The van der Waals surface area contributed by atoms with Gasteiger partial charge in [-0.15, -0.1) is 0 Å². The average molecular weight is 354 g/mol. The molecule has 2 atom stereocenters. The SMILES string of the molecule is CCOC(=O)[C@@H]1CCCN1C(=O)[C@H](C)NC(=O)c1cccnc1Cl. The van der Waals surface area contributed by atoms with E-state index >= 15 is 0 Å². The summed E-state index contributed by atoms with van der Waals surface area (Å²) in [5.74, 6) is -1.21. The summed E-state index contributed by atoms with van der Waals surface area (Å²) in [5, 5.41) is 2.67. The first-order valence-electron chi connectivity index (χ1n) is 7.84. The van der Waals surface area contributed by atoms with Crippen molar-refractivity contribution in [1.82, 2.24) is 15.2 Å². The molecule has 2 rings (SSSR count). The molecular weight excluding hydrogens is 334 g/mol.